The molecule has 0 aliphatic carbocycles. The standard InChI is InChI=1S/C27H38N2O8/c1-27(2,3)29-26(31)28-16-20-9-10-24(36-18-34-13-11-32-4)23(15-20)22-8-6-7-21(17-30)25(22)37-19-35-14-12-33-5/h6-10,15,17H,11-14,16,18-19H2,1-5H3,(H2,28,29,31). The van der Waals surface area contributed by atoms with Gasteiger partial charge in [-0.25, -0.2) is 4.79 Å². The van der Waals surface area contributed by atoms with E-state index in [1.54, 1.807) is 32.4 Å². The Balaban J connectivity index is 2.34. The quantitative estimate of drug-likeness (QED) is 0.196. The van der Waals surface area contributed by atoms with Crippen LogP contribution < -0.4 is 20.1 Å². The van der Waals surface area contributed by atoms with Crippen LogP contribution in [0.4, 0.5) is 4.79 Å². The maximum absolute atomic E-state index is 12.3. The highest BCUT2D eigenvalue weighted by Crippen LogP contribution is 2.39. The second-order valence-corrected chi connectivity index (χ2v) is 9.06. The predicted molar refractivity (Wildman–Crippen MR) is 139 cm³/mol. The highest BCUT2D eigenvalue weighted by atomic mass is 16.7. The Bertz CT molecular complexity index is 991. The Morgan fingerprint density at radius 1 is 0.892 bits per heavy atom. The van der Waals surface area contributed by atoms with Crippen LogP contribution >= 0.6 is 0 Å². The van der Waals surface area contributed by atoms with Crippen molar-refractivity contribution in [2.75, 3.05) is 54.2 Å². The Hall–Kier alpha value is -3.18. The number of hydrogen-bond donors (Lipinski definition) is 2. The van der Waals surface area contributed by atoms with Gasteiger partial charge in [0.15, 0.2) is 19.9 Å². The van der Waals surface area contributed by atoms with Crippen molar-refractivity contribution in [3.05, 3.63) is 47.5 Å². The molecule has 0 aliphatic heterocycles. The van der Waals surface area contributed by atoms with Crippen molar-refractivity contribution >= 4 is 12.3 Å². The van der Waals surface area contributed by atoms with Crippen molar-refractivity contribution in [2.24, 2.45) is 0 Å². The molecule has 2 rings (SSSR count). The van der Waals surface area contributed by atoms with Gasteiger partial charge in [0.25, 0.3) is 0 Å². The number of nitrogens with one attached hydrogen (secondary N) is 2. The third-order valence-electron chi connectivity index (χ3n) is 4.90. The maximum Gasteiger partial charge on any atom is 0.315 e. The van der Waals surface area contributed by atoms with E-state index in [9.17, 15) is 9.59 Å². The summed E-state index contributed by atoms with van der Waals surface area (Å²) in [6, 6.07) is 10.5. The summed E-state index contributed by atoms with van der Waals surface area (Å²) >= 11 is 0. The van der Waals surface area contributed by atoms with E-state index in [1.807, 2.05) is 39.0 Å². The smallest absolute Gasteiger partial charge is 0.315 e. The Labute approximate surface area is 218 Å². The Kier molecular flexibility index (Phi) is 12.9. The van der Waals surface area contributed by atoms with Gasteiger partial charge in [-0.3, -0.25) is 4.79 Å². The molecular formula is C27H38N2O8. The number of methoxy groups -OCH3 is 2. The van der Waals surface area contributed by atoms with E-state index in [2.05, 4.69) is 10.6 Å². The third kappa shape index (κ3) is 10.8. The molecular weight excluding hydrogens is 480 g/mol. The summed E-state index contributed by atoms with van der Waals surface area (Å²) in [6.07, 6.45) is 0.727. The van der Waals surface area contributed by atoms with Crippen molar-refractivity contribution in [1.29, 1.82) is 0 Å². The van der Waals surface area contributed by atoms with Gasteiger partial charge in [0.05, 0.1) is 32.0 Å². The lowest BCUT2D eigenvalue weighted by atomic mass is 9.98. The van der Waals surface area contributed by atoms with Crippen LogP contribution in [-0.4, -0.2) is 72.1 Å². The number of amides is 2. The second-order valence-electron chi connectivity index (χ2n) is 9.06. The zero-order valence-corrected chi connectivity index (χ0v) is 22.3. The zero-order chi connectivity index (χ0) is 27.1. The molecule has 0 saturated carbocycles. The molecule has 2 aromatic rings. The molecule has 0 aliphatic rings. The minimum Gasteiger partial charge on any atom is -0.467 e. The molecule has 37 heavy (non-hydrogen) atoms. The first-order valence-electron chi connectivity index (χ1n) is 12.0. The Morgan fingerprint density at radius 2 is 1.57 bits per heavy atom. The highest BCUT2D eigenvalue weighted by Gasteiger charge is 2.18. The van der Waals surface area contributed by atoms with Crippen LogP contribution in [0.3, 0.4) is 0 Å². The summed E-state index contributed by atoms with van der Waals surface area (Å²) in [4.78, 5) is 24.1. The first-order valence-corrected chi connectivity index (χ1v) is 12.0. The Morgan fingerprint density at radius 3 is 2.19 bits per heavy atom. The van der Waals surface area contributed by atoms with E-state index < -0.39 is 0 Å². The molecule has 0 aromatic heterocycles. The van der Waals surface area contributed by atoms with Crippen LogP contribution in [0.2, 0.25) is 0 Å². The minimum atomic E-state index is -0.359. The van der Waals surface area contributed by atoms with E-state index in [4.69, 9.17) is 28.4 Å². The summed E-state index contributed by atoms with van der Waals surface area (Å²) < 4.78 is 32.7. The molecule has 0 unspecified atom stereocenters. The molecule has 0 saturated heterocycles. The lowest BCUT2D eigenvalue weighted by Crippen LogP contribution is -2.46. The number of para-hydroxylation sites is 1. The number of ether oxygens (including phenoxy) is 6. The van der Waals surface area contributed by atoms with Crippen molar-refractivity contribution in [2.45, 2.75) is 32.9 Å². The van der Waals surface area contributed by atoms with Crippen LogP contribution in [0.1, 0.15) is 36.7 Å². The van der Waals surface area contributed by atoms with E-state index in [1.165, 1.54) is 0 Å². The number of urea groups is 1. The lowest BCUT2D eigenvalue weighted by Gasteiger charge is -2.21. The van der Waals surface area contributed by atoms with E-state index in [-0.39, 0.29) is 31.7 Å². The minimum absolute atomic E-state index is 0.00559. The van der Waals surface area contributed by atoms with Crippen LogP contribution in [-0.2, 0) is 25.5 Å². The number of rotatable bonds is 16. The topological polar surface area (TPSA) is 114 Å². The predicted octanol–water partition coefficient (Wildman–Crippen LogP) is 3.76. The van der Waals surface area contributed by atoms with Crippen LogP contribution in [0.15, 0.2) is 36.4 Å². The monoisotopic (exact) mass is 518 g/mol. The SMILES string of the molecule is COCCOCOc1ccc(CNC(=O)NC(C)(C)C)cc1-c1cccc(C=O)c1OCOCCOC. The van der Waals surface area contributed by atoms with Gasteiger partial charge in [0, 0.05) is 37.4 Å². The fraction of sp³-hybridized carbons (Fsp3) is 0.481. The summed E-state index contributed by atoms with van der Waals surface area (Å²) in [5.41, 5.74) is 2.13. The van der Waals surface area contributed by atoms with Gasteiger partial charge in [-0.2, -0.15) is 0 Å². The van der Waals surface area contributed by atoms with Crippen molar-refractivity contribution < 1.29 is 38.0 Å². The molecule has 2 N–H and O–H groups in total. The first-order chi connectivity index (χ1) is 17.8. The maximum atomic E-state index is 12.3. The summed E-state index contributed by atoms with van der Waals surface area (Å²) in [7, 11) is 3.18. The summed E-state index contributed by atoms with van der Waals surface area (Å²) in [5, 5.41) is 5.73. The molecule has 10 nitrogen and oxygen atoms in total. The molecule has 204 valence electrons. The fourth-order valence-electron chi connectivity index (χ4n) is 3.22. The molecule has 10 heteroatoms. The van der Waals surface area contributed by atoms with Gasteiger partial charge >= 0.3 is 6.03 Å². The van der Waals surface area contributed by atoms with Gasteiger partial charge in [0.2, 0.25) is 0 Å². The van der Waals surface area contributed by atoms with E-state index in [0.29, 0.717) is 54.6 Å². The average molecular weight is 519 g/mol. The molecule has 0 atom stereocenters. The van der Waals surface area contributed by atoms with Gasteiger partial charge in [0.1, 0.15) is 11.5 Å². The van der Waals surface area contributed by atoms with Crippen molar-refractivity contribution in [3.63, 3.8) is 0 Å². The molecule has 0 radical (unpaired) electrons. The van der Waals surface area contributed by atoms with Crippen LogP contribution in [0.5, 0.6) is 11.5 Å². The molecule has 2 aromatic carbocycles. The second kappa shape index (κ2) is 15.8. The van der Waals surface area contributed by atoms with E-state index in [0.717, 1.165) is 11.8 Å². The number of carbonyl (C=O) groups excluding carboxylic acids is 2. The van der Waals surface area contributed by atoms with E-state index >= 15 is 0 Å². The van der Waals surface area contributed by atoms with Gasteiger partial charge < -0.3 is 39.1 Å². The number of carbonyl (C=O) groups is 2. The molecule has 0 bridgehead atoms. The molecule has 0 spiro atoms. The van der Waals surface area contributed by atoms with Gasteiger partial charge in [-0.05, 0) is 44.5 Å². The fourth-order valence-corrected chi connectivity index (χ4v) is 3.22. The zero-order valence-electron chi connectivity index (χ0n) is 22.3. The number of benzene rings is 2. The number of hydrogen-bond acceptors (Lipinski definition) is 8. The highest BCUT2D eigenvalue weighted by molar-refractivity contribution is 5.87. The molecule has 0 heterocycles. The molecule has 0 fully saturated rings. The third-order valence-corrected chi connectivity index (χ3v) is 4.90. The lowest BCUT2D eigenvalue weighted by molar-refractivity contribution is -0.00923. The average Bonchev–Trinajstić information content (AvgIpc) is 2.86. The van der Waals surface area contributed by atoms with Gasteiger partial charge in [-0.15, -0.1) is 0 Å². The largest absolute Gasteiger partial charge is 0.467 e. The van der Waals surface area contributed by atoms with Gasteiger partial charge in [-0.1, -0.05) is 18.2 Å². The summed E-state index contributed by atoms with van der Waals surface area (Å²) in [5.74, 6) is 0.879. The van der Waals surface area contributed by atoms with Crippen LogP contribution in [0, 0.1) is 0 Å². The van der Waals surface area contributed by atoms with Crippen molar-refractivity contribution in [1.82, 2.24) is 10.6 Å². The normalized spacial score (nSPS) is 11.2. The summed E-state index contributed by atoms with van der Waals surface area (Å²) in [6.45, 7) is 7.54. The first kappa shape index (κ1) is 30.0. The van der Waals surface area contributed by atoms with Crippen molar-refractivity contribution in [3.8, 4) is 22.6 Å². The number of aldehydes is 1. The van der Waals surface area contributed by atoms with Crippen LogP contribution in [0.25, 0.3) is 11.1 Å². The molecule has 2 amide bonds.